The largest absolute Gasteiger partial charge is 0.573 e. The molecule has 5 nitrogen and oxygen atoms in total. The summed E-state index contributed by atoms with van der Waals surface area (Å²) in [5.41, 5.74) is 9.64. The number of rotatable bonds is 7. The fourth-order valence-corrected chi connectivity index (χ4v) is 4.00. The number of pyridine rings is 1. The summed E-state index contributed by atoms with van der Waals surface area (Å²) >= 11 is 7.41. The highest BCUT2D eigenvalue weighted by atomic mass is 35.5. The number of nitrogens with two attached hydrogens (primary N) is 1. The number of guanidine groups is 1. The van der Waals surface area contributed by atoms with Gasteiger partial charge in [-0.25, -0.2) is 4.99 Å². The summed E-state index contributed by atoms with van der Waals surface area (Å²) in [5, 5.41) is 0.581. The van der Waals surface area contributed by atoms with Crippen LogP contribution in [0.3, 0.4) is 0 Å². The van der Waals surface area contributed by atoms with Crippen LogP contribution in [0.1, 0.15) is 5.56 Å². The molecule has 0 saturated heterocycles. The number of ether oxygens (including phenoxy) is 1. The molecule has 4 aromatic rings. The van der Waals surface area contributed by atoms with E-state index in [1.165, 1.54) is 36.2 Å². The second-order valence-electron chi connectivity index (χ2n) is 7.54. The Bertz CT molecular complexity index is 1330. The molecule has 0 bridgehead atoms. The van der Waals surface area contributed by atoms with E-state index >= 15 is 0 Å². The summed E-state index contributed by atoms with van der Waals surface area (Å²) in [6, 6.07) is 24.4. The summed E-state index contributed by atoms with van der Waals surface area (Å²) in [6.45, 7) is 0.278. The van der Waals surface area contributed by atoms with Crippen LogP contribution in [-0.2, 0) is 6.54 Å². The first kappa shape index (κ1) is 25.4. The van der Waals surface area contributed by atoms with Crippen LogP contribution in [0.5, 0.6) is 5.75 Å². The minimum Gasteiger partial charge on any atom is -0.406 e. The highest BCUT2D eigenvalue weighted by Gasteiger charge is 2.31. The van der Waals surface area contributed by atoms with Gasteiger partial charge in [0.1, 0.15) is 5.75 Å². The van der Waals surface area contributed by atoms with E-state index in [1.54, 1.807) is 18.3 Å². The highest BCUT2D eigenvalue weighted by molar-refractivity contribution is 7.98. The fraction of sp³-hybridized carbons (Fsp3) is 0.0769. The number of hydrogen-bond donors (Lipinski definition) is 2. The van der Waals surface area contributed by atoms with Crippen molar-refractivity contribution in [2.45, 2.75) is 17.8 Å². The predicted molar refractivity (Wildman–Crippen MR) is 138 cm³/mol. The summed E-state index contributed by atoms with van der Waals surface area (Å²) in [5.74, 6) is -0.0391. The average molecular weight is 529 g/mol. The zero-order valence-electron chi connectivity index (χ0n) is 18.7. The molecule has 0 aliphatic carbocycles. The first-order valence-electron chi connectivity index (χ1n) is 10.7. The molecule has 0 spiro atoms. The van der Waals surface area contributed by atoms with Gasteiger partial charge in [-0.1, -0.05) is 41.9 Å². The van der Waals surface area contributed by atoms with Crippen molar-refractivity contribution in [3.05, 3.63) is 102 Å². The first-order valence-corrected chi connectivity index (χ1v) is 11.9. The van der Waals surface area contributed by atoms with E-state index in [2.05, 4.69) is 19.4 Å². The quantitative estimate of drug-likeness (QED) is 0.152. The van der Waals surface area contributed by atoms with Crippen LogP contribution in [-0.4, -0.2) is 17.3 Å². The Morgan fingerprint density at radius 3 is 2.31 bits per heavy atom. The molecule has 0 atom stereocenters. The number of aliphatic imine (C=N–C) groups is 1. The van der Waals surface area contributed by atoms with Gasteiger partial charge < -0.3 is 10.5 Å². The van der Waals surface area contributed by atoms with Crippen molar-refractivity contribution in [3.63, 3.8) is 0 Å². The van der Waals surface area contributed by atoms with Crippen LogP contribution in [0, 0.1) is 0 Å². The van der Waals surface area contributed by atoms with Crippen LogP contribution < -0.4 is 15.2 Å². The minimum absolute atomic E-state index is 0.265. The Morgan fingerprint density at radius 2 is 1.64 bits per heavy atom. The molecule has 10 heteroatoms. The number of nitrogens with zero attached hydrogens (tertiary/aromatic N) is 2. The number of benzene rings is 3. The lowest BCUT2D eigenvalue weighted by atomic mass is 9.98. The average Bonchev–Trinajstić information content (AvgIpc) is 2.87. The van der Waals surface area contributed by atoms with Gasteiger partial charge in [0.2, 0.25) is 0 Å². The number of hydrogen-bond acceptors (Lipinski definition) is 4. The number of halogens is 4. The molecule has 3 aromatic carbocycles. The van der Waals surface area contributed by atoms with Crippen LogP contribution >= 0.6 is 23.5 Å². The maximum atomic E-state index is 12.5. The van der Waals surface area contributed by atoms with Gasteiger partial charge in [-0.3, -0.25) is 9.71 Å². The molecule has 0 amide bonds. The van der Waals surface area contributed by atoms with Crippen molar-refractivity contribution in [2.24, 2.45) is 10.7 Å². The van der Waals surface area contributed by atoms with E-state index < -0.39 is 6.36 Å². The standard InChI is InChI=1S/C26H20ClF3N4OS/c27-20-10-6-18(7-11-20)23-14-17(16-33-25(31)34-36-22-4-2-1-3-5-22)15-32-24(23)19-8-12-21(13-9-19)35-26(28,29)30/h1-15H,16H2,(H3,31,33,34). The smallest absolute Gasteiger partial charge is 0.406 e. The highest BCUT2D eigenvalue weighted by Crippen LogP contribution is 2.33. The molecule has 1 aromatic heterocycles. The van der Waals surface area contributed by atoms with Gasteiger partial charge in [0.25, 0.3) is 0 Å². The lowest BCUT2D eigenvalue weighted by Gasteiger charge is -2.13. The van der Waals surface area contributed by atoms with Crippen molar-refractivity contribution in [2.75, 3.05) is 0 Å². The SMILES string of the molecule is NC(=NCc1cnc(-c2ccc(OC(F)(F)F)cc2)c(-c2ccc(Cl)cc2)c1)NSc1ccccc1. The molecule has 0 saturated carbocycles. The van der Waals surface area contributed by atoms with E-state index in [0.717, 1.165) is 21.6 Å². The molecular formula is C26H20ClF3N4OS. The number of alkyl halides is 3. The van der Waals surface area contributed by atoms with Crippen molar-refractivity contribution in [1.82, 2.24) is 9.71 Å². The van der Waals surface area contributed by atoms with Crippen molar-refractivity contribution >= 4 is 29.5 Å². The third-order valence-corrected chi connectivity index (χ3v) is 5.98. The topological polar surface area (TPSA) is 72.5 Å². The third-order valence-electron chi connectivity index (χ3n) is 4.91. The molecule has 0 unspecified atom stereocenters. The van der Waals surface area contributed by atoms with Gasteiger partial charge in [-0.05, 0) is 77.7 Å². The Kier molecular flexibility index (Phi) is 8.02. The van der Waals surface area contributed by atoms with Gasteiger partial charge in [0.15, 0.2) is 5.96 Å². The van der Waals surface area contributed by atoms with Gasteiger partial charge in [-0.2, -0.15) is 0 Å². The maximum absolute atomic E-state index is 12.5. The van der Waals surface area contributed by atoms with Gasteiger partial charge in [0, 0.05) is 27.2 Å². The van der Waals surface area contributed by atoms with Crippen LogP contribution in [0.2, 0.25) is 5.02 Å². The molecule has 3 N–H and O–H groups in total. The van der Waals surface area contributed by atoms with Crippen molar-refractivity contribution in [3.8, 4) is 28.1 Å². The van der Waals surface area contributed by atoms with E-state index in [1.807, 2.05) is 48.5 Å². The number of aromatic nitrogens is 1. The third kappa shape index (κ3) is 7.16. The molecule has 184 valence electrons. The Balaban J connectivity index is 1.58. The van der Waals surface area contributed by atoms with Gasteiger partial charge in [0.05, 0.1) is 12.2 Å². The second kappa shape index (κ2) is 11.4. The lowest BCUT2D eigenvalue weighted by Crippen LogP contribution is -2.25. The van der Waals surface area contributed by atoms with Crippen molar-refractivity contribution in [1.29, 1.82) is 0 Å². The zero-order chi connectivity index (χ0) is 25.5. The monoisotopic (exact) mass is 528 g/mol. The summed E-state index contributed by atoms with van der Waals surface area (Å²) < 4.78 is 44.5. The van der Waals surface area contributed by atoms with Gasteiger partial charge >= 0.3 is 6.36 Å². The molecule has 0 aliphatic heterocycles. The van der Waals surface area contributed by atoms with Crippen molar-refractivity contribution < 1.29 is 17.9 Å². The maximum Gasteiger partial charge on any atom is 0.573 e. The molecule has 1 heterocycles. The normalized spacial score (nSPS) is 11.8. The van der Waals surface area contributed by atoms with Gasteiger partial charge in [-0.15, -0.1) is 13.2 Å². The summed E-state index contributed by atoms with van der Waals surface area (Å²) in [7, 11) is 0. The molecule has 0 aliphatic rings. The Morgan fingerprint density at radius 1 is 0.972 bits per heavy atom. The lowest BCUT2D eigenvalue weighted by molar-refractivity contribution is -0.274. The molecular weight excluding hydrogens is 509 g/mol. The van der Waals surface area contributed by atoms with E-state index in [4.69, 9.17) is 17.3 Å². The Hall–Kier alpha value is -3.69. The summed E-state index contributed by atoms with van der Waals surface area (Å²) in [4.78, 5) is 9.97. The molecule has 0 fully saturated rings. The second-order valence-corrected chi connectivity index (χ2v) is 8.85. The first-order chi connectivity index (χ1) is 17.3. The molecule has 36 heavy (non-hydrogen) atoms. The van der Waals surface area contributed by atoms with E-state index in [9.17, 15) is 13.2 Å². The molecule has 4 rings (SSSR count). The van der Waals surface area contributed by atoms with Crippen LogP contribution in [0.4, 0.5) is 13.2 Å². The van der Waals surface area contributed by atoms with E-state index in [-0.39, 0.29) is 18.3 Å². The predicted octanol–water partition coefficient (Wildman–Crippen LogP) is 7.08. The van der Waals surface area contributed by atoms with E-state index in [0.29, 0.717) is 16.3 Å². The molecule has 0 radical (unpaired) electrons. The Labute approximate surface area is 215 Å². The zero-order valence-corrected chi connectivity index (χ0v) is 20.2. The number of nitrogens with one attached hydrogen (secondary N) is 1. The minimum atomic E-state index is -4.76. The summed E-state index contributed by atoms with van der Waals surface area (Å²) in [6.07, 6.45) is -3.09. The van der Waals surface area contributed by atoms with Crippen LogP contribution in [0.15, 0.2) is 101 Å². The van der Waals surface area contributed by atoms with Crippen LogP contribution in [0.25, 0.3) is 22.4 Å². The fourth-order valence-electron chi connectivity index (χ4n) is 3.30.